The summed E-state index contributed by atoms with van der Waals surface area (Å²) in [6.45, 7) is 2.21. The van der Waals surface area contributed by atoms with Gasteiger partial charge in [0.2, 0.25) is 0 Å². The van der Waals surface area contributed by atoms with Crippen molar-refractivity contribution >= 4 is 19.8 Å². The third-order valence-electron chi connectivity index (χ3n) is 8.87. The van der Waals surface area contributed by atoms with Gasteiger partial charge in [-0.2, -0.15) is 0 Å². The normalized spacial score (nSPS) is 14.9. The number of phosphoric ester groups is 1. The second kappa shape index (κ2) is 38.0. The number of esters is 2. The summed E-state index contributed by atoms with van der Waals surface area (Å²) in [4.78, 5) is 34.9. The van der Waals surface area contributed by atoms with E-state index in [1.54, 1.807) is 0 Å². The molecule has 0 saturated carbocycles. The molecule has 316 valence electrons. The molecule has 0 rings (SSSR count). The van der Waals surface area contributed by atoms with E-state index in [2.05, 4.69) is 36.6 Å². The molecule has 0 spiro atoms. The Bertz CT molecular complexity index is 1020. The second-order valence-electron chi connectivity index (χ2n) is 14.2. The predicted molar refractivity (Wildman–Crippen MR) is 216 cm³/mol. The number of aliphatic hydroxyl groups is 3. The molecule has 0 heterocycles. The summed E-state index contributed by atoms with van der Waals surface area (Å²) in [5.74, 6) is -1.01. The Labute approximate surface area is 327 Å². The molecule has 4 unspecified atom stereocenters. The van der Waals surface area contributed by atoms with Gasteiger partial charge < -0.3 is 29.7 Å². The van der Waals surface area contributed by atoms with Crippen LogP contribution in [0.4, 0.5) is 0 Å². The Balaban J connectivity index is 4.42. The molecule has 0 saturated heterocycles. The van der Waals surface area contributed by atoms with Gasteiger partial charge in [0.1, 0.15) is 12.7 Å². The number of phosphoric acid groups is 1. The molecule has 0 aromatic rings. The van der Waals surface area contributed by atoms with Gasteiger partial charge in [0.25, 0.3) is 0 Å². The van der Waals surface area contributed by atoms with Crippen LogP contribution < -0.4 is 0 Å². The Hall–Kier alpha value is -1.85. The van der Waals surface area contributed by atoms with E-state index in [0.29, 0.717) is 19.3 Å². The van der Waals surface area contributed by atoms with Crippen LogP contribution in [0.1, 0.15) is 174 Å². The number of allylic oxidation sites excluding steroid dienone is 5. The zero-order chi connectivity index (χ0) is 40.0. The summed E-state index contributed by atoms with van der Waals surface area (Å²) < 4.78 is 32.6. The minimum absolute atomic E-state index is 0.116. The van der Waals surface area contributed by atoms with Gasteiger partial charge in [0.15, 0.2) is 6.10 Å². The van der Waals surface area contributed by atoms with E-state index in [0.717, 1.165) is 70.6 Å². The molecule has 0 aromatic carbocycles. The van der Waals surface area contributed by atoms with E-state index in [1.807, 2.05) is 18.2 Å². The summed E-state index contributed by atoms with van der Waals surface area (Å²) in [6, 6.07) is 0. The van der Waals surface area contributed by atoms with Gasteiger partial charge in [-0.3, -0.25) is 18.6 Å². The van der Waals surface area contributed by atoms with E-state index >= 15 is 0 Å². The van der Waals surface area contributed by atoms with Gasteiger partial charge in [-0.15, -0.1) is 0 Å². The fraction of sp³-hybridized carbons (Fsp3) is 0.810. The largest absolute Gasteiger partial charge is 0.472 e. The lowest BCUT2D eigenvalue weighted by molar-refractivity contribution is -0.161. The van der Waals surface area contributed by atoms with Crippen LogP contribution in [0.3, 0.4) is 0 Å². The number of hydrogen-bond acceptors (Lipinski definition) is 10. The Kier molecular flexibility index (Phi) is 36.7. The third kappa shape index (κ3) is 37.1. The molecule has 0 bridgehead atoms. The minimum atomic E-state index is -4.64. The van der Waals surface area contributed by atoms with Crippen molar-refractivity contribution in [1.29, 1.82) is 0 Å². The molecule has 0 radical (unpaired) electrons. The van der Waals surface area contributed by atoms with E-state index < -0.39 is 57.9 Å². The average Bonchev–Trinajstić information content (AvgIpc) is 3.15. The van der Waals surface area contributed by atoms with E-state index in [-0.39, 0.29) is 19.4 Å². The summed E-state index contributed by atoms with van der Waals surface area (Å²) in [5.41, 5.74) is 0. The Morgan fingerprint density at radius 1 is 0.611 bits per heavy atom. The zero-order valence-corrected chi connectivity index (χ0v) is 34.7. The maximum atomic E-state index is 12.6. The van der Waals surface area contributed by atoms with Gasteiger partial charge in [0.05, 0.1) is 25.9 Å². The van der Waals surface area contributed by atoms with Crippen LogP contribution in [0.25, 0.3) is 0 Å². The Morgan fingerprint density at radius 3 is 1.74 bits per heavy atom. The fourth-order valence-corrected chi connectivity index (χ4v) is 6.33. The van der Waals surface area contributed by atoms with Crippen molar-refractivity contribution in [2.75, 3.05) is 26.4 Å². The highest BCUT2D eigenvalue weighted by Gasteiger charge is 2.27. The van der Waals surface area contributed by atoms with Crippen LogP contribution in [-0.4, -0.2) is 76.9 Å². The summed E-state index contributed by atoms with van der Waals surface area (Å²) in [6.07, 6.45) is 34.1. The van der Waals surface area contributed by atoms with Gasteiger partial charge in [-0.25, -0.2) is 4.57 Å². The number of ether oxygens (including phenoxy) is 2. The first kappa shape index (κ1) is 52.2. The highest BCUT2D eigenvalue weighted by molar-refractivity contribution is 7.47. The third-order valence-corrected chi connectivity index (χ3v) is 9.82. The molecule has 0 amide bonds. The van der Waals surface area contributed by atoms with Gasteiger partial charge in [-0.05, 0) is 57.8 Å². The first-order valence-electron chi connectivity index (χ1n) is 21.1. The van der Waals surface area contributed by atoms with Crippen LogP contribution in [0.2, 0.25) is 0 Å². The van der Waals surface area contributed by atoms with Crippen molar-refractivity contribution in [3.8, 4) is 0 Å². The highest BCUT2D eigenvalue weighted by Crippen LogP contribution is 2.43. The maximum Gasteiger partial charge on any atom is 0.472 e. The topological polar surface area (TPSA) is 169 Å². The first-order valence-corrected chi connectivity index (χ1v) is 22.5. The van der Waals surface area contributed by atoms with Crippen molar-refractivity contribution in [3.63, 3.8) is 0 Å². The van der Waals surface area contributed by atoms with Gasteiger partial charge in [0, 0.05) is 12.8 Å². The summed E-state index contributed by atoms with van der Waals surface area (Å²) in [7, 11) is -4.64. The van der Waals surface area contributed by atoms with Crippen LogP contribution in [-0.2, 0) is 32.7 Å². The van der Waals surface area contributed by atoms with Gasteiger partial charge >= 0.3 is 19.8 Å². The fourth-order valence-electron chi connectivity index (χ4n) is 5.54. The van der Waals surface area contributed by atoms with Crippen molar-refractivity contribution in [1.82, 2.24) is 0 Å². The average molecular weight is 789 g/mol. The lowest BCUT2D eigenvalue weighted by atomic mass is 10.1. The lowest BCUT2D eigenvalue weighted by Crippen LogP contribution is -2.29. The molecular weight excluding hydrogens is 711 g/mol. The summed E-state index contributed by atoms with van der Waals surface area (Å²) in [5, 5.41) is 28.4. The molecule has 0 aliphatic carbocycles. The second-order valence-corrected chi connectivity index (χ2v) is 15.7. The minimum Gasteiger partial charge on any atom is -0.462 e. The van der Waals surface area contributed by atoms with Gasteiger partial charge in [-0.1, -0.05) is 140 Å². The molecule has 54 heavy (non-hydrogen) atoms. The molecule has 0 aliphatic rings. The zero-order valence-electron chi connectivity index (χ0n) is 33.8. The van der Waals surface area contributed by atoms with Crippen LogP contribution in [0, 0.1) is 0 Å². The van der Waals surface area contributed by atoms with Crippen LogP contribution >= 0.6 is 7.82 Å². The number of aliphatic hydroxyl groups excluding tert-OH is 3. The van der Waals surface area contributed by atoms with Crippen molar-refractivity contribution < 1.29 is 52.9 Å². The molecule has 4 atom stereocenters. The lowest BCUT2D eigenvalue weighted by Gasteiger charge is -2.20. The van der Waals surface area contributed by atoms with Crippen molar-refractivity contribution in [2.45, 2.75) is 193 Å². The van der Waals surface area contributed by atoms with Crippen molar-refractivity contribution in [2.24, 2.45) is 0 Å². The van der Waals surface area contributed by atoms with Crippen LogP contribution in [0.5, 0.6) is 0 Å². The number of rotatable bonds is 39. The maximum absolute atomic E-state index is 12.6. The highest BCUT2D eigenvalue weighted by atomic mass is 31.2. The molecular formula is C42H77O11P. The smallest absolute Gasteiger partial charge is 0.462 e. The Morgan fingerprint density at radius 2 is 1.11 bits per heavy atom. The van der Waals surface area contributed by atoms with Crippen LogP contribution in [0.15, 0.2) is 36.5 Å². The molecule has 0 aromatic heterocycles. The molecule has 4 N–H and O–H groups in total. The molecule has 0 fully saturated rings. The number of carbonyl (C=O) groups excluding carboxylic acids is 2. The van der Waals surface area contributed by atoms with E-state index in [4.69, 9.17) is 19.1 Å². The monoisotopic (exact) mass is 789 g/mol. The predicted octanol–water partition coefficient (Wildman–Crippen LogP) is 9.75. The SMILES string of the molecule is CCCCC/C=C\C=C\C(O)CCCCCCCC(=O)OC(COC(=O)CCCCCCC/C=C\CCCCCCCC)COP(=O)(O)OCC(O)CO. The summed E-state index contributed by atoms with van der Waals surface area (Å²) >= 11 is 0. The van der Waals surface area contributed by atoms with Crippen molar-refractivity contribution in [3.05, 3.63) is 36.5 Å². The quantitative estimate of drug-likeness (QED) is 0.0154. The standard InChI is InChI=1S/C42H77O11P/c1-3-5-7-9-11-12-13-14-15-16-17-18-20-24-28-32-41(46)50-36-40(37-52-54(48,49)51-35-39(45)34-43)53-42(47)33-29-25-21-23-27-31-38(44)30-26-22-19-10-8-6-4-2/h14-15,19,22,26,30,38-40,43-45H,3-13,16-18,20-21,23-25,27-29,31-37H2,1-2H3,(H,48,49)/b15-14-,22-19-,30-26+. The van der Waals surface area contributed by atoms with E-state index in [1.165, 1.54) is 57.8 Å². The number of hydrogen-bond donors (Lipinski definition) is 4. The van der Waals surface area contributed by atoms with E-state index in [9.17, 15) is 29.3 Å². The number of unbranched alkanes of at least 4 members (excludes halogenated alkanes) is 18. The molecule has 0 aliphatic heterocycles. The molecule has 12 heteroatoms. The first-order chi connectivity index (χ1) is 26.1. The molecule has 11 nitrogen and oxygen atoms in total. The number of carbonyl (C=O) groups is 2.